The normalized spacial score (nSPS) is 14.5. The lowest BCUT2D eigenvalue weighted by molar-refractivity contribution is -0.117. The van der Waals surface area contributed by atoms with Crippen LogP contribution in [0.15, 0.2) is 44.7 Å². The fraction of sp³-hybridized carbons (Fsp3) is 0.190. The monoisotopic (exact) mass is 542 g/mol. The minimum absolute atomic E-state index is 0.227. The van der Waals surface area contributed by atoms with Crippen molar-refractivity contribution in [3.05, 3.63) is 60.9 Å². The maximum absolute atomic E-state index is 12.2. The Hall–Kier alpha value is -2.00. The van der Waals surface area contributed by atoms with Crippen LogP contribution in [0.25, 0.3) is 6.08 Å². The summed E-state index contributed by atoms with van der Waals surface area (Å²) in [5.74, 6) is 0.322. The molecule has 6 nitrogen and oxygen atoms in total. The van der Waals surface area contributed by atoms with E-state index in [9.17, 15) is 9.59 Å². The van der Waals surface area contributed by atoms with Crippen LogP contribution < -0.4 is 14.8 Å². The predicted molar refractivity (Wildman–Crippen MR) is 128 cm³/mol. The molecule has 0 saturated heterocycles. The molecule has 1 aliphatic rings. The van der Waals surface area contributed by atoms with Gasteiger partial charge in [0.05, 0.1) is 11.5 Å². The van der Waals surface area contributed by atoms with Crippen LogP contribution in [0, 0.1) is 0 Å². The van der Waals surface area contributed by atoms with Crippen LogP contribution in [0.2, 0.25) is 10.0 Å². The van der Waals surface area contributed by atoms with Gasteiger partial charge in [-0.2, -0.15) is 4.99 Å². The molecule has 0 atom stereocenters. The number of aliphatic imine (C=N–C) groups is 1. The molecule has 0 bridgehead atoms. The molecule has 1 heterocycles. The fourth-order valence-electron chi connectivity index (χ4n) is 2.59. The lowest BCUT2D eigenvalue weighted by Gasteiger charge is -2.15. The summed E-state index contributed by atoms with van der Waals surface area (Å²) in [5, 5.41) is 3.84. The van der Waals surface area contributed by atoms with Gasteiger partial charge >= 0.3 is 0 Å². The zero-order valence-corrected chi connectivity index (χ0v) is 20.4. The summed E-state index contributed by atoms with van der Waals surface area (Å²) < 4.78 is 12.4. The molecule has 0 aromatic heterocycles. The number of ether oxygens (including phenoxy) is 2. The number of hydrogen-bond acceptors (Lipinski definition) is 5. The molecule has 1 N–H and O–H groups in total. The number of nitrogens with one attached hydrogen (secondary N) is 1. The topological polar surface area (TPSA) is 77.0 Å². The van der Waals surface area contributed by atoms with E-state index in [-0.39, 0.29) is 17.7 Å². The number of halogens is 3. The Morgan fingerprint density at radius 2 is 1.97 bits per heavy atom. The van der Waals surface area contributed by atoms with Gasteiger partial charge in [-0.05, 0) is 54.6 Å². The molecule has 0 radical (unpaired) electrons. The van der Waals surface area contributed by atoms with Gasteiger partial charge in [0.15, 0.2) is 16.7 Å². The number of thioether (sulfide) groups is 1. The summed E-state index contributed by atoms with van der Waals surface area (Å²) in [7, 11) is 0. The summed E-state index contributed by atoms with van der Waals surface area (Å²) in [6.45, 7) is 3.88. The van der Waals surface area contributed by atoms with E-state index >= 15 is 0 Å². The smallest absolute Gasteiger partial charge is 0.286 e. The van der Waals surface area contributed by atoms with Crippen LogP contribution in [0.1, 0.15) is 25.0 Å². The lowest BCUT2D eigenvalue weighted by atomic mass is 10.1. The van der Waals surface area contributed by atoms with E-state index in [0.717, 1.165) is 17.3 Å². The Bertz CT molecular complexity index is 1110. The third-order valence-electron chi connectivity index (χ3n) is 3.95. The number of amides is 2. The Balaban J connectivity index is 1.83. The standard InChI is InChI=1S/C21H17BrCl2N2O4S/c1-3-29-17-6-13(7-19-20(28)26-21(31-19)25-11(2)27)15(22)9-18(17)30-10-12-4-5-14(23)8-16(12)24/h4-9H,3,10H2,1-2H3,(H,25,26,27,28)/b19-7+. The average Bonchev–Trinajstić information content (AvgIpc) is 3.02. The lowest BCUT2D eigenvalue weighted by Crippen LogP contribution is -2.23. The zero-order chi connectivity index (χ0) is 22.5. The van der Waals surface area contributed by atoms with E-state index in [4.69, 9.17) is 32.7 Å². The Kier molecular flexibility index (Phi) is 8.05. The van der Waals surface area contributed by atoms with Gasteiger partial charge in [-0.3, -0.25) is 9.59 Å². The summed E-state index contributed by atoms with van der Waals surface area (Å²) >= 11 is 16.8. The summed E-state index contributed by atoms with van der Waals surface area (Å²) in [5.41, 5.74) is 1.49. The van der Waals surface area contributed by atoms with E-state index in [2.05, 4.69) is 26.2 Å². The molecule has 0 aliphatic carbocycles. The second-order valence-electron chi connectivity index (χ2n) is 6.29. The minimum Gasteiger partial charge on any atom is -0.490 e. The van der Waals surface area contributed by atoms with Crippen molar-refractivity contribution in [1.82, 2.24) is 5.32 Å². The molecule has 2 aromatic carbocycles. The molecular formula is C21H17BrCl2N2O4S. The average molecular weight is 544 g/mol. The molecule has 1 aliphatic heterocycles. The van der Waals surface area contributed by atoms with E-state index in [0.29, 0.717) is 43.1 Å². The van der Waals surface area contributed by atoms with Gasteiger partial charge in [-0.25, -0.2) is 0 Å². The zero-order valence-electron chi connectivity index (χ0n) is 16.5. The highest BCUT2D eigenvalue weighted by molar-refractivity contribution is 9.10. The fourth-order valence-corrected chi connectivity index (χ4v) is 4.34. The summed E-state index contributed by atoms with van der Waals surface area (Å²) in [4.78, 5) is 27.6. The van der Waals surface area contributed by atoms with Crippen molar-refractivity contribution in [2.24, 2.45) is 4.99 Å². The largest absolute Gasteiger partial charge is 0.490 e. The van der Waals surface area contributed by atoms with Crippen LogP contribution in [-0.4, -0.2) is 23.6 Å². The molecule has 31 heavy (non-hydrogen) atoms. The van der Waals surface area contributed by atoms with Gasteiger partial charge in [0.2, 0.25) is 5.91 Å². The molecule has 162 valence electrons. The van der Waals surface area contributed by atoms with Gasteiger partial charge in [0, 0.05) is 27.0 Å². The molecule has 0 fully saturated rings. The van der Waals surface area contributed by atoms with Crippen molar-refractivity contribution in [3.63, 3.8) is 0 Å². The highest BCUT2D eigenvalue weighted by atomic mass is 79.9. The molecule has 3 rings (SSSR count). The Labute approximate surface area is 202 Å². The maximum atomic E-state index is 12.2. The van der Waals surface area contributed by atoms with Gasteiger partial charge < -0.3 is 14.8 Å². The number of benzene rings is 2. The molecule has 0 saturated carbocycles. The van der Waals surface area contributed by atoms with Crippen LogP contribution in [0.5, 0.6) is 11.5 Å². The highest BCUT2D eigenvalue weighted by Gasteiger charge is 2.23. The third kappa shape index (κ3) is 6.26. The second kappa shape index (κ2) is 10.5. The minimum atomic E-state index is -0.420. The number of rotatable bonds is 6. The van der Waals surface area contributed by atoms with Crippen molar-refractivity contribution in [2.45, 2.75) is 20.5 Å². The van der Waals surface area contributed by atoms with E-state index in [1.807, 2.05) is 6.92 Å². The number of hydrogen-bond donors (Lipinski definition) is 1. The summed E-state index contributed by atoms with van der Waals surface area (Å²) in [6, 6.07) is 8.73. The predicted octanol–water partition coefficient (Wildman–Crippen LogP) is 5.84. The van der Waals surface area contributed by atoms with E-state index < -0.39 is 5.91 Å². The molecule has 0 unspecified atom stereocenters. The Morgan fingerprint density at radius 3 is 2.65 bits per heavy atom. The van der Waals surface area contributed by atoms with Crippen molar-refractivity contribution >= 4 is 74.0 Å². The quantitative estimate of drug-likeness (QED) is 0.463. The number of amidine groups is 1. The molecule has 2 amide bonds. The first-order valence-electron chi connectivity index (χ1n) is 9.10. The van der Waals surface area contributed by atoms with Crippen LogP contribution in [-0.2, 0) is 16.2 Å². The Morgan fingerprint density at radius 1 is 1.23 bits per heavy atom. The molecule has 10 heteroatoms. The highest BCUT2D eigenvalue weighted by Crippen LogP contribution is 2.37. The van der Waals surface area contributed by atoms with Crippen LogP contribution in [0.4, 0.5) is 0 Å². The van der Waals surface area contributed by atoms with Crippen molar-refractivity contribution in [1.29, 1.82) is 0 Å². The summed E-state index contributed by atoms with van der Waals surface area (Å²) in [6.07, 6.45) is 1.68. The second-order valence-corrected chi connectivity index (χ2v) is 9.02. The number of nitrogens with zero attached hydrogens (tertiary/aromatic N) is 1. The van der Waals surface area contributed by atoms with E-state index in [1.165, 1.54) is 6.92 Å². The van der Waals surface area contributed by atoms with Crippen LogP contribution in [0.3, 0.4) is 0 Å². The maximum Gasteiger partial charge on any atom is 0.286 e. The van der Waals surface area contributed by atoms with Crippen molar-refractivity contribution < 1.29 is 19.1 Å². The van der Waals surface area contributed by atoms with Crippen LogP contribution >= 0.6 is 50.9 Å². The SMILES string of the molecule is CCOc1cc(/C=C2/SC(NC(C)=O)=NC2=O)c(Br)cc1OCc1ccc(Cl)cc1Cl. The van der Waals surface area contributed by atoms with Gasteiger partial charge in [0.1, 0.15) is 6.61 Å². The molecule has 2 aromatic rings. The first-order chi connectivity index (χ1) is 14.8. The first kappa shape index (κ1) is 23.7. The van der Waals surface area contributed by atoms with Gasteiger partial charge in [0.25, 0.3) is 5.91 Å². The van der Waals surface area contributed by atoms with Gasteiger partial charge in [-0.15, -0.1) is 0 Å². The first-order valence-corrected chi connectivity index (χ1v) is 11.5. The third-order valence-corrected chi connectivity index (χ3v) is 6.12. The van der Waals surface area contributed by atoms with Crippen molar-refractivity contribution in [2.75, 3.05) is 6.61 Å². The number of carbonyl (C=O) groups is 2. The molecular weight excluding hydrogens is 527 g/mol. The van der Waals surface area contributed by atoms with Gasteiger partial charge in [-0.1, -0.05) is 45.2 Å². The number of carbonyl (C=O) groups excluding carboxylic acids is 2. The molecule has 0 spiro atoms. The van der Waals surface area contributed by atoms with E-state index in [1.54, 1.807) is 36.4 Å². The van der Waals surface area contributed by atoms with Crippen molar-refractivity contribution in [3.8, 4) is 11.5 Å².